The van der Waals surface area contributed by atoms with Gasteiger partial charge >= 0.3 is 0 Å². The Morgan fingerprint density at radius 3 is 2.25 bits per heavy atom. The Hall–Kier alpha value is -0.240. The number of hydrogen-bond donors (Lipinski definition) is 4. The van der Waals surface area contributed by atoms with E-state index in [2.05, 4.69) is 6.92 Å². The van der Waals surface area contributed by atoms with Gasteiger partial charge in [-0.2, -0.15) is 0 Å². The second kappa shape index (κ2) is 9.65. The zero-order valence-corrected chi connectivity index (χ0v) is 12.1. The van der Waals surface area contributed by atoms with Crippen molar-refractivity contribution in [2.24, 2.45) is 0 Å². The summed E-state index contributed by atoms with van der Waals surface area (Å²) in [5.41, 5.74) is 0. The van der Waals surface area contributed by atoms with E-state index >= 15 is 0 Å². The number of unbranched alkanes of at least 4 members (excludes halogenated alkanes) is 5. The molecule has 120 valence electrons. The molecule has 0 aliphatic carbocycles. The average Bonchev–Trinajstić information content (AvgIpc) is 2.45. The van der Waals surface area contributed by atoms with Crippen molar-refractivity contribution in [1.82, 2.24) is 0 Å². The maximum Gasteiger partial charge on any atom is 0.184 e. The predicted molar refractivity (Wildman–Crippen MR) is 73.1 cm³/mol. The quantitative estimate of drug-likeness (QED) is 0.452. The molecule has 4 N–H and O–H groups in total. The fourth-order valence-corrected chi connectivity index (χ4v) is 2.37. The predicted octanol–water partition coefficient (Wildman–Crippen LogP) is 0.163. The smallest absolute Gasteiger partial charge is 0.184 e. The average molecular weight is 292 g/mol. The third kappa shape index (κ3) is 5.27. The number of hydrogen-bond acceptors (Lipinski definition) is 6. The highest BCUT2D eigenvalue weighted by Gasteiger charge is 2.44. The third-order valence-corrected chi connectivity index (χ3v) is 3.65. The normalized spacial score (nSPS) is 34.4. The molecular weight excluding hydrogens is 264 g/mol. The van der Waals surface area contributed by atoms with Crippen molar-refractivity contribution in [3.63, 3.8) is 0 Å². The highest BCUT2D eigenvalue weighted by molar-refractivity contribution is 4.89. The lowest BCUT2D eigenvalue weighted by molar-refractivity contribution is -0.294. The van der Waals surface area contributed by atoms with Gasteiger partial charge in [0.15, 0.2) is 6.29 Å². The first-order valence-corrected chi connectivity index (χ1v) is 7.54. The van der Waals surface area contributed by atoms with Crippen molar-refractivity contribution >= 4 is 0 Å². The van der Waals surface area contributed by atoms with E-state index < -0.39 is 30.7 Å². The standard InChI is InChI=1S/C14H28O6/c1-2-3-4-5-6-7-8-19-13-10(9-15)20-14(18)12(17)11(13)16/h10-18H,2-9H2,1H3/t10?,11-,12?,13?,14?/m1/s1. The zero-order chi connectivity index (χ0) is 15.0. The first-order valence-electron chi connectivity index (χ1n) is 7.54. The lowest BCUT2D eigenvalue weighted by Crippen LogP contribution is -2.59. The van der Waals surface area contributed by atoms with E-state index in [4.69, 9.17) is 9.47 Å². The highest BCUT2D eigenvalue weighted by Crippen LogP contribution is 2.22. The van der Waals surface area contributed by atoms with E-state index in [9.17, 15) is 20.4 Å². The number of aliphatic hydroxyl groups excluding tert-OH is 4. The Kier molecular flexibility index (Phi) is 8.60. The molecule has 1 saturated heterocycles. The summed E-state index contributed by atoms with van der Waals surface area (Å²) in [7, 11) is 0. The fourth-order valence-electron chi connectivity index (χ4n) is 2.37. The van der Waals surface area contributed by atoms with Crippen molar-refractivity contribution in [2.75, 3.05) is 13.2 Å². The lowest BCUT2D eigenvalue weighted by Gasteiger charge is -2.40. The van der Waals surface area contributed by atoms with Crippen LogP contribution in [0.25, 0.3) is 0 Å². The summed E-state index contributed by atoms with van der Waals surface area (Å²) in [6.07, 6.45) is 0.966. The van der Waals surface area contributed by atoms with Crippen molar-refractivity contribution in [3.05, 3.63) is 0 Å². The Morgan fingerprint density at radius 1 is 0.950 bits per heavy atom. The molecule has 0 spiro atoms. The molecule has 1 heterocycles. The van der Waals surface area contributed by atoms with E-state index in [0.29, 0.717) is 6.61 Å². The van der Waals surface area contributed by atoms with Gasteiger partial charge in [-0.3, -0.25) is 0 Å². The summed E-state index contributed by atoms with van der Waals surface area (Å²) in [6.45, 7) is 2.24. The van der Waals surface area contributed by atoms with Gasteiger partial charge in [0.05, 0.1) is 6.61 Å². The van der Waals surface area contributed by atoms with Crippen molar-refractivity contribution in [2.45, 2.75) is 76.2 Å². The van der Waals surface area contributed by atoms with Crippen LogP contribution in [-0.2, 0) is 9.47 Å². The third-order valence-electron chi connectivity index (χ3n) is 3.65. The molecule has 1 aliphatic rings. The number of rotatable bonds is 9. The minimum absolute atomic E-state index is 0.373. The second-order valence-electron chi connectivity index (χ2n) is 5.33. The van der Waals surface area contributed by atoms with Crippen LogP contribution in [0.3, 0.4) is 0 Å². The molecule has 1 aliphatic heterocycles. The van der Waals surface area contributed by atoms with E-state index in [0.717, 1.165) is 19.3 Å². The van der Waals surface area contributed by atoms with Crippen LogP contribution in [0.15, 0.2) is 0 Å². The van der Waals surface area contributed by atoms with Gasteiger partial charge in [-0.1, -0.05) is 39.0 Å². The molecule has 0 amide bonds. The molecule has 0 aromatic carbocycles. The Balaban J connectivity index is 2.25. The Morgan fingerprint density at radius 2 is 1.60 bits per heavy atom. The van der Waals surface area contributed by atoms with Crippen LogP contribution >= 0.6 is 0 Å². The largest absolute Gasteiger partial charge is 0.394 e. The van der Waals surface area contributed by atoms with Gasteiger partial charge in [0.25, 0.3) is 0 Å². The Bertz CT molecular complexity index is 248. The lowest BCUT2D eigenvalue weighted by atomic mass is 9.99. The van der Waals surface area contributed by atoms with Crippen LogP contribution in [0, 0.1) is 0 Å². The first kappa shape index (κ1) is 17.8. The molecule has 0 aromatic rings. The summed E-state index contributed by atoms with van der Waals surface area (Å²) < 4.78 is 10.5. The van der Waals surface area contributed by atoms with Crippen LogP contribution < -0.4 is 0 Å². The van der Waals surface area contributed by atoms with Gasteiger partial charge in [0.2, 0.25) is 0 Å². The van der Waals surface area contributed by atoms with Crippen LogP contribution in [0.1, 0.15) is 45.4 Å². The molecule has 0 saturated carbocycles. The van der Waals surface area contributed by atoms with E-state index in [1.54, 1.807) is 0 Å². The van der Waals surface area contributed by atoms with Crippen molar-refractivity contribution in [3.8, 4) is 0 Å². The first-order chi connectivity index (χ1) is 9.61. The molecule has 0 bridgehead atoms. The van der Waals surface area contributed by atoms with E-state index in [1.807, 2.05) is 0 Å². The highest BCUT2D eigenvalue weighted by atomic mass is 16.6. The van der Waals surface area contributed by atoms with E-state index in [-0.39, 0.29) is 6.61 Å². The molecule has 6 nitrogen and oxygen atoms in total. The number of ether oxygens (including phenoxy) is 2. The maximum atomic E-state index is 9.86. The Labute approximate surface area is 120 Å². The van der Waals surface area contributed by atoms with Gasteiger partial charge in [-0.05, 0) is 6.42 Å². The SMILES string of the molecule is CCCCCCCCOC1C(CO)OC(O)C(O)[C@H]1O. The van der Waals surface area contributed by atoms with Crippen LogP contribution in [0.2, 0.25) is 0 Å². The zero-order valence-electron chi connectivity index (χ0n) is 12.1. The molecule has 5 atom stereocenters. The summed E-state index contributed by atoms with van der Waals surface area (Å²) in [5, 5.41) is 37.9. The molecule has 0 aromatic heterocycles. The molecular formula is C14H28O6. The molecule has 4 unspecified atom stereocenters. The molecule has 1 rings (SSSR count). The molecule has 20 heavy (non-hydrogen) atoms. The van der Waals surface area contributed by atoms with Crippen LogP contribution in [-0.4, -0.2) is 64.3 Å². The molecule has 0 radical (unpaired) electrons. The minimum Gasteiger partial charge on any atom is -0.394 e. The summed E-state index contributed by atoms with van der Waals surface area (Å²) in [4.78, 5) is 0. The topological polar surface area (TPSA) is 99.4 Å². The summed E-state index contributed by atoms with van der Waals surface area (Å²) >= 11 is 0. The van der Waals surface area contributed by atoms with Gasteiger partial charge in [-0.25, -0.2) is 0 Å². The monoisotopic (exact) mass is 292 g/mol. The molecule has 1 fully saturated rings. The van der Waals surface area contributed by atoms with Crippen LogP contribution in [0.5, 0.6) is 0 Å². The maximum absolute atomic E-state index is 9.86. The number of aliphatic hydroxyl groups is 4. The van der Waals surface area contributed by atoms with Gasteiger partial charge in [-0.15, -0.1) is 0 Å². The van der Waals surface area contributed by atoms with Crippen molar-refractivity contribution in [1.29, 1.82) is 0 Å². The van der Waals surface area contributed by atoms with E-state index in [1.165, 1.54) is 19.3 Å². The summed E-state index contributed by atoms with van der Waals surface area (Å²) in [6, 6.07) is 0. The van der Waals surface area contributed by atoms with Gasteiger partial charge in [0.1, 0.15) is 24.4 Å². The minimum atomic E-state index is -1.49. The molecule has 6 heteroatoms. The summed E-state index contributed by atoms with van der Waals surface area (Å²) in [5.74, 6) is 0. The second-order valence-corrected chi connectivity index (χ2v) is 5.33. The van der Waals surface area contributed by atoms with Gasteiger partial charge < -0.3 is 29.9 Å². The van der Waals surface area contributed by atoms with Crippen molar-refractivity contribution < 1.29 is 29.9 Å². The van der Waals surface area contributed by atoms with Crippen LogP contribution in [0.4, 0.5) is 0 Å². The van der Waals surface area contributed by atoms with Gasteiger partial charge in [0, 0.05) is 6.61 Å². The fraction of sp³-hybridized carbons (Fsp3) is 1.00.